The minimum Gasteiger partial charge on any atom is -0.497 e. The summed E-state index contributed by atoms with van der Waals surface area (Å²) in [5.74, 6) is -0.0933. The van der Waals surface area contributed by atoms with Crippen molar-refractivity contribution in [3.63, 3.8) is 0 Å². The van der Waals surface area contributed by atoms with Gasteiger partial charge in [-0.2, -0.15) is 5.10 Å². The number of nitrogens with zero attached hydrogens (tertiary/aromatic N) is 3. The summed E-state index contributed by atoms with van der Waals surface area (Å²) < 4.78 is 39.6. The van der Waals surface area contributed by atoms with E-state index in [0.717, 1.165) is 17.2 Å². The maximum Gasteiger partial charge on any atom is 0.206 e. The van der Waals surface area contributed by atoms with Gasteiger partial charge >= 0.3 is 0 Å². The van der Waals surface area contributed by atoms with Crippen LogP contribution in [0.3, 0.4) is 0 Å². The second-order valence-corrected chi connectivity index (χ2v) is 7.30. The number of rotatable bonds is 7. The molecule has 0 aliphatic rings. The average Bonchev–Trinajstić information content (AvgIpc) is 3.13. The predicted octanol–water partition coefficient (Wildman–Crippen LogP) is 4.87. The SMILES string of the molecule is C=C(C)CN=c1scc(-c2ccc(OC)cc2OC)n1N=Cc1ccc(F)cc1F. The molecule has 3 rings (SSSR count). The molecule has 0 N–H and O–H groups in total. The Labute approximate surface area is 177 Å². The average molecular weight is 429 g/mol. The molecule has 0 amide bonds. The van der Waals surface area contributed by atoms with Gasteiger partial charge in [0.25, 0.3) is 0 Å². The van der Waals surface area contributed by atoms with Gasteiger partial charge in [0.2, 0.25) is 4.80 Å². The van der Waals surface area contributed by atoms with Crippen LogP contribution in [0.1, 0.15) is 12.5 Å². The summed E-state index contributed by atoms with van der Waals surface area (Å²) in [5, 5.41) is 6.32. The van der Waals surface area contributed by atoms with Crippen LogP contribution in [0.2, 0.25) is 0 Å². The molecule has 5 nitrogen and oxygen atoms in total. The lowest BCUT2D eigenvalue weighted by Crippen LogP contribution is -2.13. The first-order chi connectivity index (χ1) is 14.4. The van der Waals surface area contributed by atoms with Crippen molar-refractivity contribution in [1.29, 1.82) is 0 Å². The van der Waals surface area contributed by atoms with E-state index < -0.39 is 11.6 Å². The molecule has 156 valence electrons. The number of hydrogen-bond acceptors (Lipinski definition) is 5. The summed E-state index contributed by atoms with van der Waals surface area (Å²) in [6.45, 7) is 6.18. The van der Waals surface area contributed by atoms with Crippen molar-refractivity contribution < 1.29 is 18.3 Å². The fourth-order valence-corrected chi connectivity index (χ4v) is 3.47. The molecular formula is C22H21F2N3O2S. The van der Waals surface area contributed by atoms with Crippen molar-refractivity contribution in [2.75, 3.05) is 20.8 Å². The van der Waals surface area contributed by atoms with Gasteiger partial charge in [0, 0.05) is 28.6 Å². The maximum atomic E-state index is 14.1. The summed E-state index contributed by atoms with van der Waals surface area (Å²) >= 11 is 1.38. The van der Waals surface area contributed by atoms with E-state index in [1.165, 1.54) is 29.7 Å². The van der Waals surface area contributed by atoms with Crippen LogP contribution in [0.25, 0.3) is 11.3 Å². The Balaban J connectivity index is 2.14. The zero-order valence-corrected chi connectivity index (χ0v) is 17.7. The van der Waals surface area contributed by atoms with Crippen molar-refractivity contribution in [3.8, 4) is 22.8 Å². The molecular weight excluding hydrogens is 408 g/mol. The van der Waals surface area contributed by atoms with Crippen LogP contribution < -0.4 is 14.3 Å². The van der Waals surface area contributed by atoms with Crippen LogP contribution >= 0.6 is 11.3 Å². The largest absolute Gasteiger partial charge is 0.497 e. The fourth-order valence-electron chi connectivity index (χ4n) is 2.64. The third kappa shape index (κ3) is 4.83. The van der Waals surface area contributed by atoms with Gasteiger partial charge in [-0.05, 0) is 31.2 Å². The molecule has 0 spiro atoms. The van der Waals surface area contributed by atoms with E-state index >= 15 is 0 Å². The highest BCUT2D eigenvalue weighted by Crippen LogP contribution is 2.33. The first-order valence-electron chi connectivity index (χ1n) is 9.00. The van der Waals surface area contributed by atoms with Gasteiger partial charge in [0.1, 0.15) is 23.1 Å². The summed E-state index contributed by atoms with van der Waals surface area (Å²) in [5.41, 5.74) is 2.53. The van der Waals surface area contributed by atoms with E-state index in [2.05, 4.69) is 16.7 Å². The van der Waals surface area contributed by atoms with Gasteiger partial charge in [-0.25, -0.2) is 13.5 Å². The van der Waals surface area contributed by atoms with Crippen LogP contribution in [-0.4, -0.2) is 31.7 Å². The Morgan fingerprint density at radius 2 is 1.97 bits per heavy atom. The van der Waals surface area contributed by atoms with Crippen LogP contribution in [0.4, 0.5) is 8.78 Å². The zero-order valence-electron chi connectivity index (χ0n) is 16.9. The van der Waals surface area contributed by atoms with Crippen LogP contribution in [-0.2, 0) is 0 Å². The third-order valence-electron chi connectivity index (χ3n) is 4.13. The van der Waals surface area contributed by atoms with Gasteiger partial charge in [0.05, 0.1) is 32.7 Å². The molecule has 0 aliphatic heterocycles. The van der Waals surface area contributed by atoms with E-state index in [0.29, 0.717) is 28.5 Å². The van der Waals surface area contributed by atoms with Crippen molar-refractivity contribution in [3.05, 3.63) is 75.9 Å². The second kappa shape index (κ2) is 9.49. The molecule has 0 fully saturated rings. The number of methoxy groups -OCH3 is 2. The molecule has 0 radical (unpaired) electrons. The topological polar surface area (TPSA) is 48.1 Å². The fraction of sp³-hybridized carbons (Fsp3) is 0.182. The second-order valence-electron chi connectivity index (χ2n) is 6.47. The van der Waals surface area contributed by atoms with Crippen molar-refractivity contribution in [2.24, 2.45) is 10.1 Å². The quantitative estimate of drug-likeness (QED) is 0.397. The molecule has 2 aromatic carbocycles. The summed E-state index contributed by atoms with van der Waals surface area (Å²) in [6, 6.07) is 8.77. The van der Waals surface area contributed by atoms with Gasteiger partial charge in [-0.1, -0.05) is 12.2 Å². The molecule has 30 heavy (non-hydrogen) atoms. The minimum atomic E-state index is -0.696. The Hall–Kier alpha value is -3.26. The molecule has 0 saturated carbocycles. The summed E-state index contributed by atoms with van der Waals surface area (Å²) in [6.07, 6.45) is 1.33. The zero-order chi connectivity index (χ0) is 21.7. The first kappa shape index (κ1) is 21.4. The molecule has 0 bridgehead atoms. The summed E-state index contributed by atoms with van der Waals surface area (Å²) in [4.78, 5) is 5.14. The lowest BCUT2D eigenvalue weighted by molar-refractivity contribution is 0.395. The van der Waals surface area contributed by atoms with E-state index in [9.17, 15) is 8.78 Å². The number of aromatic nitrogens is 1. The third-order valence-corrected chi connectivity index (χ3v) is 4.98. The Morgan fingerprint density at radius 3 is 2.63 bits per heavy atom. The van der Waals surface area contributed by atoms with Crippen molar-refractivity contribution in [2.45, 2.75) is 6.92 Å². The van der Waals surface area contributed by atoms with Gasteiger partial charge in [0.15, 0.2) is 0 Å². The van der Waals surface area contributed by atoms with E-state index in [1.807, 2.05) is 24.4 Å². The minimum absolute atomic E-state index is 0.161. The molecule has 0 unspecified atom stereocenters. The van der Waals surface area contributed by atoms with E-state index in [4.69, 9.17) is 9.47 Å². The molecule has 8 heteroatoms. The highest BCUT2D eigenvalue weighted by atomic mass is 32.1. The monoisotopic (exact) mass is 429 g/mol. The maximum absolute atomic E-state index is 14.1. The van der Waals surface area contributed by atoms with Gasteiger partial charge in [-0.3, -0.25) is 4.99 Å². The Bertz CT molecular complexity index is 1170. The van der Waals surface area contributed by atoms with Crippen molar-refractivity contribution >= 4 is 17.6 Å². The van der Waals surface area contributed by atoms with Gasteiger partial charge in [-0.15, -0.1) is 11.3 Å². The van der Waals surface area contributed by atoms with Crippen LogP contribution in [0.15, 0.2) is 64.0 Å². The first-order valence-corrected chi connectivity index (χ1v) is 9.88. The summed E-state index contributed by atoms with van der Waals surface area (Å²) in [7, 11) is 3.15. The lowest BCUT2D eigenvalue weighted by atomic mass is 10.1. The van der Waals surface area contributed by atoms with E-state index in [-0.39, 0.29) is 5.56 Å². The van der Waals surface area contributed by atoms with Gasteiger partial charge < -0.3 is 9.47 Å². The normalized spacial score (nSPS) is 11.8. The van der Waals surface area contributed by atoms with Crippen LogP contribution in [0.5, 0.6) is 11.5 Å². The standard InChI is InChI=1S/C22H21F2N3O2S/c1-14(2)11-25-22-27(26-12-15-5-6-16(23)9-19(15)24)20(13-30-22)18-8-7-17(28-3)10-21(18)29-4/h5-10,12-13H,1,11H2,2-4H3. The Morgan fingerprint density at radius 1 is 1.17 bits per heavy atom. The molecule has 1 aromatic heterocycles. The Kier molecular flexibility index (Phi) is 6.79. The van der Waals surface area contributed by atoms with E-state index in [1.54, 1.807) is 25.0 Å². The predicted molar refractivity (Wildman–Crippen MR) is 115 cm³/mol. The number of hydrogen-bond donors (Lipinski definition) is 0. The highest BCUT2D eigenvalue weighted by molar-refractivity contribution is 7.07. The number of ether oxygens (including phenoxy) is 2. The molecule has 0 atom stereocenters. The molecule has 3 aromatic rings. The smallest absolute Gasteiger partial charge is 0.206 e. The molecule has 1 heterocycles. The number of thiazole rings is 1. The van der Waals surface area contributed by atoms with Crippen molar-refractivity contribution in [1.82, 2.24) is 4.68 Å². The molecule has 0 saturated heterocycles. The highest BCUT2D eigenvalue weighted by Gasteiger charge is 2.14. The lowest BCUT2D eigenvalue weighted by Gasteiger charge is -2.11. The molecule has 0 aliphatic carbocycles. The van der Waals surface area contributed by atoms with Crippen LogP contribution in [0, 0.1) is 11.6 Å². The number of halogens is 2. The number of benzene rings is 2.